The number of hydrogen-bond donors (Lipinski definition) is 1. The number of unbranched alkanes of at least 4 members (excludes halogenated alkanes) is 4. The van der Waals surface area contributed by atoms with Crippen LogP contribution in [-0.4, -0.2) is 11.2 Å². The summed E-state index contributed by atoms with van der Waals surface area (Å²) in [6.45, 7) is 3.92. The molecule has 0 spiro atoms. The van der Waals surface area contributed by atoms with Gasteiger partial charge < -0.3 is 5.11 Å². The van der Waals surface area contributed by atoms with Crippen molar-refractivity contribution in [3.05, 3.63) is 12.2 Å². The largest absolute Gasteiger partial charge is 0.393 e. The van der Waals surface area contributed by atoms with E-state index >= 15 is 0 Å². The van der Waals surface area contributed by atoms with Crippen LogP contribution in [-0.2, 0) is 0 Å². The first kappa shape index (κ1) is 11.7. The summed E-state index contributed by atoms with van der Waals surface area (Å²) in [5.41, 5.74) is 0. The molecule has 0 aliphatic carbocycles. The van der Waals surface area contributed by atoms with Gasteiger partial charge in [0, 0.05) is 0 Å². The molecule has 0 heterocycles. The molecule has 0 aromatic carbocycles. The highest BCUT2D eigenvalue weighted by Crippen LogP contribution is 2.07. The molecule has 0 aliphatic rings. The van der Waals surface area contributed by atoms with Crippen molar-refractivity contribution >= 4 is 0 Å². The van der Waals surface area contributed by atoms with Crippen LogP contribution in [0.5, 0.6) is 0 Å². The Morgan fingerprint density at radius 2 is 1.83 bits per heavy atom. The number of allylic oxidation sites excluding steroid dienone is 2. The summed E-state index contributed by atoms with van der Waals surface area (Å²) < 4.78 is 0. The zero-order valence-electron chi connectivity index (χ0n) is 8.42. The van der Waals surface area contributed by atoms with E-state index < -0.39 is 0 Å². The fourth-order valence-corrected chi connectivity index (χ4v) is 1.22. The highest BCUT2D eigenvalue weighted by atomic mass is 16.3. The molecule has 1 atom stereocenters. The Balaban J connectivity index is 2.91. The summed E-state index contributed by atoms with van der Waals surface area (Å²) in [6, 6.07) is 0. The van der Waals surface area contributed by atoms with Gasteiger partial charge in [-0.25, -0.2) is 0 Å². The van der Waals surface area contributed by atoms with Crippen LogP contribution in [0.2, 0.25) is 0 Å². The maximum Gasteiger partial charge on any atom is 0.0512 e. The Bertz CT molecular complexity index is 106. The van der Waals surface area contributed by atoms with Crippen LogP contribution >= 0.6 is 0 Å². The molecule has 0 radical (unpaired) electrons. The van der Waals surface area contributed by atoms with Crippen molar-refractivity contribution in [2.75, 3.05) is 0 Å². The van der Waals surface area contributed by atoms with Gasteiger partial charge in [0.2, 0.25) is 0 Å². The number of aliphatic hydroxyl groups excluding tert-OH is 1. The molecule has 12 heavy (non-hydrogen) atoms. The zero-order chi connectivity index (χ0) is 9.23. The van der Waals surface area contributed by atoms with E-state index in [9.17, 15) is 0 Å². The van der Waals surface area contributed by atoms with Crippen molar-refractivity contribution in [1.29, 1.82) is 0 Å². The van der Waals surface area contributed by atoms with Crippen LogP contribution in [0.3, 0.4) is 0 Å². The van der Waals surface area contributed by atoms with Crippen molar-refractivity contribution in [2.45, 2.75) is 58.5 Å². The number of rotatable bonds is 7. The SMILES string of the molecule is C/C=C/CCCCCCC(C)O. The molecule has 0 saturated heterocycles. The van der Waals surface area contributed by atoms with Gasteiger partial charge in [0.05, 0.1) is 6.10 Å². The molecule has 72 valence electrons. The van der Waals surface area contributed by atoms with Crippen LogP contribution in [0.15, 0.2) is 12.2 Å². The minimum atomic E-state index is -0.111. The van der Waals surface area contributed by atoms with E-state index in [4.69, 9.17) is 5.11 Å². The third kappa shape index (κ3) is 9.70. The van der Waals surface area contributed by atoms with E-state index in [1.165, 1.54) is 32.1 Å². The van der Waals surface area contributed by atoms with Crippen LogP contribution in [0.1, 0.15) is 52.4 Å². The topological polar surface area (TPSA) is 20.2 Å². The molecule has 0 saturated carbocycles. The highest BCUT2D eigenvalue weighted by Gasteiger charge is 1.94. The summed E-state index contributed by atoms with van der Waals surface area (Å²) in [5.74, 6) is 0. The Labute approximate surface area is 76.5 Å². The highest BCUT2D eigenvalue weighted by molar-refractivity contribution is 4.76. The second-order valence-corrected chi connectivity index (χ2v) is 3.41. The van der Waals surface area contributed by atoms with Gasteiger partial charge >= 0.3 is 0 Å². The maximum atomic E-state index is 8.98. The Hall–Kier alpha value is -0.300. The van der Waals surface area contributed by atoms with Gasteiger partial charge in [-0.05, 0) is 33.1 Å². The summed E-state index contributed by atoms with van der Waals surface area (Å²) >= 11 is 0. The van der Waals surface area contributed by atoms with Gasteiger partial charge in [-0.15, -0.1) is 0 Å². The third-order valence-corrected chi connectivity index (χ3v) is 1.98. The fourth-order valence-electron chi connectivity index (χ4n) is 1.22. The predicted molar refractivity (Wildman–Crippen MR) is 54.2 cm³/mol. The summed E-state index contributed by atoms with van der Waals surface area (Å²) in [6.07, 6.45) is 11.4. The Morgan fingerprint density at radius 3 is 2.42 bits per heavy atom. The van der Waals surface area contributed by atoms with Gasteiger partial charge in [-0.3, -0.25) is 0 Å². The second-order valence-electron chi connectivity index (χ2n) is 3.41. The summed E-state index contributed by atoms with van der Waals surface area (Å²) in [4.78, 5) is 0. The molecule has 0 fully saturated rings. The lowest BCUT2D eigenvalue weighted by Gasteiger charge is -2.02. The van der Waals surface area contributed by atoms with Crippen molar-refractivity contribution in [3.8, 4) is 0 Å². The molecule has 0 bridgehead atoms. The first-order chi connectivity index (χ1) is 5.77. The lowest BCUT2D eigenvalue weighted by atomic mass is 10.1. The van der Waals surface area contributed by atoms with Gasteiger partial charge in [0.1, 0.15) is 0 Å². The first-order valence-electron chi connectivity index (χ1n) is 5.06. The Kier molecular flexibility index (Phi) is 8.57. The number of aliphatic hydroxyl groups is 1. The molecule has 1 N–H and O–H groups in total. The van der Waals surface area contributed by atoms with E-state index in [1.807, 2.05) is 6.92 Å². The lowest BCUT2D eigenvalue weighted by molar-refractivity contribution is 0.180. The van der Waals surface area contributed by atoms with E-state index in [-0.39, 0.29) is 6.10 Å². The molecule has 0 rings (SSSR count). The quantitative estimate of drug-likeness (QED) is 0.459. The molecular formula is C11H22O. The molecule has 0 amide bonds. The third-order valence-electron chi connectivity index (χ3n) is 1.98. The average molecular weight is 170 g/mol. The average Bonchev–Trinajstić information content (AvgIpc) is 2.02. The minimum absolute atomic E-state index is 0.111. The van der Waals surface area contributed by atoms with Crippen LogP contribution in [0.25, 0.3) is 0 Å². The lowest BCUT2D eigenvalue weighted by Crippen LogP contribution is -1.97. The molecule has 1 unspecified atom stereocenters. The van der Waals surface area contributed by atoms with Crippen LogP contribution in [0, 0.1) is 0 Å². The van der Waals surface area contributed by atoms with E-state index in [0.29, 0.717) is 0 Å². The first-order valence-corrected chi connectivity index (χ1v) is 5.06. The van der Waals surface area contributed by atoms with Crippen molar-refractivity contribution in [1.82, 2.24) is 0 Å². The van der Waals surface area contributed by atoms with Crippen molar-refractivity contribution in [2.24, 2.45) is 0 Å². The van der Waals surface area contributed by atoms with Gasteiger partial charge in [0.15, 0.2) is 0 Å². The van der Waals surface area contributed by atoms with E-state index in [0.717, 1.165) is 6.42 Å². The standard InChI is InChI=1S/C11H22O/c1-3-4-5-6-7-8-9-10-11(2)12/h3-4,11-12H,5-10H2,1-2H3/b4-3+. The minimum Gasteiger partial charge on any atom is -0.393 e. The molecule has 0 aromatic heterocycles. The van der Waals surface area contributed by atoms with Gasteiger partial charge in [-0.2, -0.15) is 0 Å². The van der Waals surface area contributed by atoms with Crippen molar-refractivity contribution in [3.63, 3.8) is 0 Å². The molecular weight excluding hydrogens is 148 g/mol. The normalized spacial score (nSPS) is 13.9. The predicted octanol–water partition coefficient (Wildman–Crippen LogP) is 3.28. The fraction of sp³-hybridized carbons (Fsp3) is 0.818. The van der Waals surface area contributed by atoms with Crippen LogP contribution < -0.4 is 0 Å². The summed E-state index contributed by atoms with van der Waals surface area (Å²) in [7, 11) is 0. The smallest absolute Gasteiger partial charge is 0.0512 e. The van der Waals surface area contributed by atoms with Gasteiger partial charge in [-0.1, -0.05) is 31.4 Å². The molecule has 0 aromatic rings. The summed E-state index contributed by atoms with van der Waals surface area (Å²) in [5, 5.41) is 8.98. The van der Waals surface area contributed by atoms with Crippen molar-refractivity contribution < 1.29 is 5.11 Å². The zero-order valence-corrected chi connectivity index (χ0v) is 8.42. The van der Waals surface area contributed by atoms with Crippen LogP contribution in [0.4, 0.5) is 0 Å². The maximum absolute atomic E-state index is 8.98. The molecule has 1 nitrogen and oxygen atoms in total. The van der Waals surface area contributed by atoms with Gasteiger partial charge in [0.25, 0.3) is 0 Å². The Morgan fingerprint density at radius 1 is 1.17 bits per heavy atom. The molecule has 0 aliphatic heterocycles. The second kappa shape index (κ2) is 8.79. The molecule has 1 heteroatoms. The monoisotopic (exact) mass is 170 g/mol. The van der Waals surface area contributed by atoms with E-state index in [2.05, 4.69) is 19.1 Å². The number of hydrogen-bond acceptors (Lipinski definition) is 1. The van der Waals surface area contributed by atoms with E-state index in [1.54, 1.807) is 0 Å².